The molecule has 0 bridgehead atoms. The third-order valence-electron chi connectivity index (χ3n) is 6.85. The molecule has 0 aliphatic heterocycles. The van der Waals surface area contributed by atoms with Gasteiger partial charge in [0, 0.05) is 6.54 Å². The van der Waals surface area contributed by atoms with Gasteiger partial charge in [0.05, 0.1) is 21.9 Å². The fourth-order valence-corrected chi connectivity index (χ4v) is 4.78. The lowest BCUT2D eigenvalue weighted by atomic mass is 10.1. The minimum absolute atomic E-state index is 0.0766. The maximum Gasteiger partial charge on any atom is 0.262 e. The predicted octanol–water partition coefficient (Wildman–Crippen LogP) is 7.34. The highest BCUT2D eigenvalue weighted by Crippen LogP contribution is 2.24. The van der Waals surface area contributed by atoms with E-state index in [-0.39, 0.29) is 5.56 Å². The molecule has 170 valence electrons. The van der Waals surface area contributed by atoms with Crippen molar-refractivity contribution >= 4 is 27.7 Å². The summed E-state index contributed by atoms with van der Waals surface area (Å²) in [6.07, 6.45) is 12.9. The van der Waals surface area contributed by atoms with E-state index in [1.807, 2.05) is 28.8 Å². The lowest BCUT2D eigenvalue weighted by Crippen LogP contribution is -2.23. The molecule has 0 amide bonds. The predicted molar refractivity (Wildman–Crippen MR) is 136 cm³/mol. The first-order chi connectivity index (χ1) is 15.6. The van der Waals surface area contributed by atoms with Gasteiger partial charge in [-0.2, -0.15) is 0 Å². The van der Waals surface area contributed by atoms with Crippen LogP contribution < -0.4 is 5.56 Å². The van der Waals surface area contributed by atoms with Gasteiger partial charge >= 0.3 is 0 Å². The van der Waals surface area contributed by atoms with E-state index in [2.05, 4.69) is 37.3 Å². The lowest BCUT2D eigenvalue weighted by molar-refractivity contribution is 0.533. The fraction of sp³-hybridized carbons (Fsp3) is 0.500. The molecule has 2 heterocycles. The Morgan fingerprint density at radius 1 is 0.781 bits per heavy atom. The zero-order chi connectivity index (χ0) is 22.5. The van der Waals surface area contributed by atoms with Crippen LogP contribution in [0.1, 0.15) is 82.3 Å². The van der Waals surface area contributed by atoms with E-state index in [1.165, 1.54) is 68.9 Å². The molecule has 0 saturated carbocycles. The molecule has 0 saturated heterocycles. The Bertz CT molecular complexity index is 1260. The van der Waals surface area contributed by atoms with Gasteiger partial charge in [-0.3, -0.25) is 13.8 Å². The molecule has 0 aliphatic carbocycles. The number of fused-ring (bicyclic) bond motifs is 5. The molecule has 4 heteroatoms. The Kier molecular flexibility index (Phi) is 7.29. The van der Waals surface area contributed by atoms with Crippen LogP contribution in [-0.4, -0.2) is 14.0 Å². The summed E-state index contributed by atoms with van der Waals surface area (Å²) in [5, 5.41) is 0.768. The van der Waals surface area contributed by atoms with Crippen LogP contribution in [0.25, 0.3) is 27.7 Å². The second kappa shape index (κ2) is 10.3. The van der Waals surface area contributed by atoms with E-state index >= 15 is 0 Å². The quantitative estimate of drug-likeness (QED) is 0.233. The minimum Gasteiger partial charge on any atom is -0.278 e. The first-order valence-electron chi connectivity index (χ1n) is 12.5. The van der Waals surface area contributed by atoms with Crippen molar-refractivity contribution < 1.29 is 0 Å². The van der Waals surface area contributed by atoms with E-state index in [4.69, 9.17) is 4.98 Å². The fourth-order valence-electron chi connectivity index (χ4n) is 4.78. The van der Waals surface area contributed by atoms with Gasteiger partial charge in [-0.1, -0.05) is 76.8 Å². The molecule has 0 unspecified atom stereocenters. The van der Waals surface area contributed by atoms with Crippen LogP contribution in [0.3, 0.4) is 0 Å². The summed E-state index contributed by atoms with van der Waals surface area (Å²) in [6.45, 7) is 7.25. The number of benzene rings is 2. The van der Waals surface area contributed by atoms with Crippen molar-refractivity contribution in [1.29, 1.82) is 0 Å². The zero-order valence-corrected chi connectivity index (χ0v) is 20.0. The number of hydrogen-bond acceptors (Lipinski definition) is 2. The van der Waals surface area contributed by atoms with Gasteiger partial charge in [-0.05, 0) is 55.7 Å². The average molecular weight is 432 g/mol. The van der Waals surface area contributed by atoms with Crippen LogP contribution in [0.5, 0.6) is 0 Å². The molecule has 2 aromatic carbocycles. The zero-order valence-electron chi connectivity index (χ0n) is 20.0. The summed E-state index contributed by atoms with van der Waals surface area (Å²) in [6, 6.07) is 12.3. The van der Waals surface area contributed by atoms with E-state index in [1.54, 1.807) is 0 Å². The molecule has 0 radical (unpaired) electrons. The molecule has 0 fully saturated rings. The average Bonchev–Trinajstić information content (AvgIpc) is 3.15. The second-order valence-corrected chi connectivity index (χ2v) is 9.33. The lowest BCUT2D eigenvalue weighted by Gasteiger charge is -2.11. The van der Waals surface area contributed by atoms with Gasteiger partial charge in [-0.25, -0.2) is 4.98 Å². The summed E-state index contributed by atoms with van der Waals surface area (Å²) in [4.78, 5) is 18.3. The Hall–Kier alpha value is -2.62. The summed E-state index contributed by atoms with van der Waals surface area (Å²) >= 11 is 0. The van der Waals surface area contributed by atoms with Crippen molar-refractivity contribution in [2.45, 2.75) is 91.5 Å². The number of aromatic nitrogens is 3. The van der Waals surface area contributed by atoms with Gasteiger partial charge in [0.25, 0.3) is 5.56 Å². The summed E-state index contributed by atoms with van der Waals surface area (Å²) in [7, 11) is 0. The molecule has 2 aromatic heterocycles. The van der Waals surface area contributed by atoms with Crippen LogP contribution in [0.4, 0.5) is 0 Å². The number of unbranched alkanes of at least 4 members (excludes halogenated alkanes) is 9. The van der Waals surface area contributed by atoms with Crippen LogP contribution in [0, 0.1) is 13.8 Å². The van der Waals surface area contributed by atoms with Crippen molar-refractivity contribution in [3.63, 3.8) is 0 Å². The SMILES string of the molecule is CCCCCCCCCCCCn1c(=O)c2ccccc2n2c3cc(C)c(C)cc3nc12. The van der Waals surface area contributed by atoms with Crippen LogP contribution in [0.2, 0.25) is 0 Å². The van der Waals surface area contributed by atoms with E-state index in [9.17, 15) is 4.79 Å². The van der Waals surface area contributed by atoms with Gasteiger partial charge in [0.15, 0.2) is 0 Å². The van der Waals surface area contributed by atoms with Crippen molar-refractivity contribution in [1.82, 2.24) is 14.0 Å². The minimum atomic E-state index is 0.0766. The van der Waals surface area contributed by atoms with Gasteiger partial charge in [0.2, 0.25) is 5.78 Å². The number of imidazole rings is 1. The number of nitrogens with zero attached hydrogens (tertiary/aromatic N) is 3. The van der Waals surface area contributed by atoms with E-state index < -0.39 is 0 Å². The number of rotatable bonds is 11. The molecule has 0 N–H and O–H groups in total. The highest BCUT2D eigenvalue weighted by Gasteiger charge is 2.16. The summed E-state index contributed by atoms with van der Waals surface area (Å²) in [5.41, 5.74) is 5.53. The van der Waals surface area contributed by atoms with Crippen molar-refractivity contribution in [3.8, 4) is 0 Å². The van der Waals surface area contributed by atoms with Crippen LogP contribution >= 0.6 is 0 Å². The highest BCUT2D eigenvalue weighted by molar-refractivity contribution is 5.89. The summed E-state index contributed by atoms with van der Waals surface area (Å²) in [5.74, 6) is 0.768. The number of hydrogen-bond donors (Lipinski definition) is 0. The van der Waals surface area contributed by atoms with Gasteiger partial charge < -0.3 is 0 Å². The number of para-hydroxylation sites is 1. The Morgan fingerprint density at radius 3 is 2.12 bits per heavy atom. The second-order valence-electron chi connectivity index (χ2n) is 9.33. The monoisotopic (exact) mass is 431 g/mol. The molecule has 0 aliphatic rings. The van der Waals surface area contributed by atoms with Crippen LogP contribution in [0.15, 0.2) is 41.2 Å². The largest absolute Gasteiger partial charge is 0.278 e. The van der Waals surface area contributed by atoms with Gasteiger partial charge in [0.1, 0.15) is 0 Å². The maximum absolute atomic E-state index is 13.4. The van der Waals surface area contributed by atoms with E-state index in [0.717, 1.165) is 40.7 Å². The third-order valence-corrected chi connectivity index (χ3v) is 6.85. The molecule has 0 atom stereocenters. The molecule has 0 spiro atoms. The van der Waals surface area contributed by atoms with Crippen LogP contribution in [-0.2, 0) is 6.54 Å². The smallest absolute Gasteiger partial charge is 0.262 e. The Balaban J connectivity index is 1.54. The standard InChI is InChI=1S/C28H37N3O/c1-4-5-6-7-8-9-10-11-12-15-18-30-27(32)23-16-13-14-17-25(23)31-26-20-22(3)21(2)19-24(26)29-28(30)31/h13-14,16-17,19-20H,4-12,15,18H2,1-3H3. The Labute approximate surface area is 191 Å². The van der Waals surface area contributed by atoms with E-state index in [0.29, 0.717) is 0 Å². The first kappa shape index (κ1) is 22.6. The summed E-state index contributed by atoms with van der Waals surface area (Å²) < 4.78 is 4.08. The third kappa shape index (κ3) is 4.60. The van der Waals surface area contributed by atoms with Crippen molar-refractivity contribution in [3.05, 3.63) is 57.9 Å². The topological polar surface area (TPSA) is 39.3 Å². The molecule has 4 aromatic rings. The normalized spacial score (nSPS) is 11.8. The molecule has 32 heavy (non-hydrogen) atoms. The maximum atomic E-state index is 13.4. The van der Waals surface area contributed by atoms with Crippen molar-refractivity contribution in [2.75, 3.05) is 0 Å². The van der Waals surface area contributed by atoms with Gasteiger partial charge in [-0.15, -0.1) is 0 Å². The van der Waals surface area contributed by atoms with Crippen molar-refractivity contribution in [2.24, 2.45) is 0 Å². The number of aryl methyl sites for hydroxylation is 3. The highest BCUT2D eigenvalue weighted by atomic mass is 16.1. The molecular weight excluding hydrogens is 394 g/mol. The Morgan fingerprint density at radius 2 is 1.41 bits per heavy atom. The molecule has 4 nitrogen and oxygen atoms in total. The molecular formula is C28H37N3O. The first-order valence-corrected chi connectivity index (χ1v) is 12.5. The molecule has 4 rings (SSSR count).